The number of amides is 1. The molecular formula is C14H18N2O2. The third-order valence-electron chi connectivity index (χ3n) is 3.95. The summed E-state index contributed by atoms with van der Waals surface area (Å²) in [5.74, 6) is 0.790. The van der Waals surface area contributed by atoms with Crippen LogP contribution in [0.3, 0.4) is 0 Å². The summed E-state index contributed by atoms with van der Waals surface area (Å²) >= 11 is 0. The molecule has 18 heavy (non-hydrogen) atoms. The molecule has 0 bridgehead atoms. The van der Waals surface area contributed by atoms with Crippen LogP contribution in [0.1, 0.15) is 25.5 Å². The van der Waals surface area contributed by atoms with Crippen molar-refractivity contribution in [3.63, 3.8) is 0 Å². The number of benzene rings is 1. The molecule has 4 heteroatoms. The topological polar surface area (TPSA) is 41.6 Å². The Bertz CT molecular complexity index is 511. The minimum absolute atomic E-state index is 0.000443. The molecule has 1 atom stereocenters. The van der Waals surface area contributed by atoms with Crippen LogP contribution >= 0.6 is 0 Å². The lowest BCUT2D eigenvalue weighted by atomic mass is 9.74. The fourth-order valence-corrected chi connectivity index (χ4v) is 2.65. The molecule has 2 heterocycles. The van der Waals surface area contributed by atoms with Gasteiger partial charge in [-0.1, -0.05) is 19.9 Å². The molecule has 3 rings (SSSR count). The van der Waals surface area contributed by atoms with Crippen LogP contribution in [-0.2, 0) is 4.79 Å². The molecular weight excluding hydrogens is 228 g/mol. The predicted octanol–water partition coefficient (Wildman–Crippen LogP) is 1.71. The monoisotopic (exact) mass is 246 g/mol. The van der Waals surface area contributed by atoms with Crippen LogP contribution in [0.4, 0.5) is 5.69 Å². The van der Waals surface area contributed by atoms with Crippen molar-refractivity contribution in [2.75, 3.05) is 25.1 Å². The maximum absolute atomic E-state index is 11.6. The van der Waals surface area contributed by atoms with Gasteiger partial charge < -0.3 is 15.0 Å². The molecule has 1 fully saturated rings. The summed E-state index contributed by atoms with van der Waals surface area (Å²) in [5.41, 5.74) is 2.36. The second kappa shape index (κ2) is 3.72. The molecule has 0 spiro atoms. The first kappa shape index (κ1) is 11.5. The number of likely N-dealkylation sites (N-methyl/N-ethyl adjacent to an activating group) is 1. The average Bonchev–Trinajstić information content (AvgIpc) is 2.33. The Kier molecular flexibility index (Phi) is 2.38. The molecule has 1 unspecified atom stereocenters. The number of carbonyl (C=O) groups excluding carboxylic acids is 1. The molecule has 0 saturated carbocycles. The minimum atomic E-state index is 0.000443. The highest BCUT2D eigenvalue weighted by Gasteiger charge is 2.39. The molecule has 96 valence electrons. The Balaban J connectivity index is 1.98. The van der Waals surface area contributed by atoms with Crippen LogP contribution in [-0.4, -0.2) is 26.1 Å². The number of rotatable bonds is 1. The van der Waals surface area contributed by atoms with E-state index in [-0.39, 0.29) is 17.9 Å². The maximum Gasteiger partial charge on any atom is 0.264 e. The third-order valence-corrected chi connectivity index (χ3v) is 3.95. The van der Waals surface area contributed by atoms with Crippen LogP contribution in [0, 0.1) is 5.41 Å². The molecule has 2 aliphatic rings. The standard InChI is InChI=1S/C14H18N2O2/c1-14(2)8-15-13(14)9-4-5-11-10(6-9)16(3)12(17)7-18-11/h4-6,13,15H,7-8H2,1-3H3. The number of carbonyl (C=O) groups is 1. The Hall–Kier alpha value is -1.55. The zero-order chi connectivity index (χ0) is 12.9. The summed E-state index contributed by atoms with van der Waals surface area (Å²) in [7, 11) is 1.80. The van der Waals surface area contributed by atoms with Crippen molar-refractivity contribution in [2.45, 2.75) is 19.9 Å². The first-order valence-corrected chi connectivity index (χ1v) is 6.26. The normalized spacial score (nSPS) is 25.2. The highest BCUT2D eigenvalue weighted by atomic mass is 16.5. The predicted molar refractivity (Wildman–Crippen MR) is 69.9 cm³/mol. The van der Waals surface area contributed by atoms with Crippen molar-refractivity contribution in [1.29, 1.82) is 0 Å². The first-order chi connectivity index (χ1) is 8.49. The van der Waals surface area contributed by atoms with Gasteiger partial charge in [-0.25, -0.2) is 0 Å². The number of ether oxygens (including phenoxy) is 1. The second-order valence-electron chi connectivity index (χ2n) is 5.77. The minimum Gasteiger partial charge on any atom is -0.482 e. The Labute approximate surface area is 107 Å². The smallest absolute Gasteiger partial charge is 0.264 e. The van der Waals surface area contributed by atoms with Gasteiger partial charge in [0.25, 0.3) is 5.91 Å². The second-order valence-corrected chi connectivity index (χ2v) is 5.77. The summed E-state index contributed by atoms with van der Waals surface area (Å²) in [6.45, 7) is 5.66. The quantitative estimate of drug-likeness (QED) is 0.820. The van der Waals surface area contributed by atoms with E-state index in [9.17, 15) is 4.79 Å². The number of anilines is 1. The number of nitrogens with zero attached hydrogens (tertiary/aromatic N) is 1. The number of nitrogens with one attached hydrogen (secondary N) is 1. The fraction of sp³-hybridized carbons (Fsp3) is 0.500. The molecule has 2 aliphatic heterocycles. The zero-order valence-corrected chi connectivity index (χ0v) is 11.0. The van der Waals surface area contributed by atoms with Gasteiger partial charge in [-0.15, -0.1) is 0 Å². The highest BCUT2D eigenvalue weighted by molar-refractivity contribution is 5.97. The van der Waals surface area contributed by atoms with E-state index in [1.165, 1.54) is 5.56 Å². The van der Waals surface area contributed by atoms with E-state index >= 15 is 0 Å². The van der Waals surface area contributed by atoms with Gasteiger partial charge in [0.05, 0.1) is 5.69 Å². The van der Waals surface area contributed by atoms with Gasteiger partial charge in [0.15, 0.2) is 6.61 Å². The van der Waals surface area contributed by atoms with Gasteiger partial charge in [-0.2, -0.15) is 0 Å². The van der Waals surface area contributed by atoms with Crippen molar-refractivity contribution in [3.05, 3.63) is 23.8 Å². The summed E-state index contributed by atoms with van der Waals surface area (Å²) in [4.78, 5) is 13.3. The maximum atomic E-state index is 11.6. The number of hydrogen-bond acceptors (Lipinski definition) is 3. The number of fused-ring (bicyclic) bond motifs is 1. The van der Waals surface area contributed by atoms with Crippen molar-refractivity contribution in [3.8, 4) is 5.75 Å². The lowest BCUT2D eigenvalue weighted by molar-refractivity contribution is -0.120. The van der Waals surface area contributed by atoms with Gasteiger partial charge in [-0.3, -0.25) is 4.79 Å². The van der Waals surface area contributed by atoms with Crippen LogP contribution in [0.5, 0.6) is 5.75 Å². The number of hydrogen-bond donors (Lipinski definition) is 1. The Morgan fingerprint density at radius 2 is 2.22 bits per heavy atom. The van der Waals surface area contributed by atoms with Crippen LogP contribution < -0.4 is 15.0 Å². The molecule has 4 nitrogen and oxygen atoms in total. The van der Waals surface area contributed by atoms with E-state index in [1.807, 2.05) is 6.07 Å². The third kappa shape index (κ3) is 1.60. The molecule has 1 saturated heterocycles. The lowest BCUT2D eigenvalue weighted by Crippen LogP contribution is -2.52. The average molecular weight is 246 g/mol. The van der Waals surface area contributed by atoms with Gasteiger partial charge in [0.2, 0.25) is 0 Å². The van der Waals surface area contributed by atoms with Gasteiger partial charge in [0.1, 0.15) is 5.75 Å². The summed E-state index contributed by atoms with van der Waals surface area (Å²) < 4.78 is 5.43. The van der Waals surface area contributed by atoms with Crippen molar-refractivity contribution in [1.82, 2.24) is 5.32 Å². The fourth-order valence-electron chi connectivity index (χ4n) is 2.65. The van der Waals surface area contributed by atoms with Gasteiger partial charge >= 0.3 is 0 Å². The van der Waals surface area contributed by atoms with E-state index in [0.29, 0.717) is 6.04 Å². The van der Waals surface area contributed by atoms with Crippen molar-refractivity contribution >= 4 is 11.6 Å². The van der Waals surface area contributed by atoms with Crippen LogP contribution in [0.15, 0.2) is 18.2 Å². The van der Waals surface area contributed by atoms with Crippen molar-refractivity contribution < 1.29 is 9.53 Å². The van der Waals surface area contributed by atoms with Gasteiger partial charge in [0, 0.05) is 19.6 Å². The molecule has 0 radical (unpaired) electrons. The Morgan fingerprint density at radius 3 is 2.83 bits per heavy atom. The van der Waals surface area contributed by atoms with E-state index in [2.05, 4.69) is 31.3 Å². The zero-order valence-electron chi connectivity index (χ0n) is 11.0. The van der Waals surface area contributed by atoms with E-state index < -0.39 is 0 Å². The molecule has 1 aromatic carbocycles. The van der Waals surface area contributed by atoms with E-state index in [0.717, 1.165) is 18.0 Å². The van der Waals surface area contributed by atoms with E-state index in [4.69, 9.17) is 4.74 Å². The molecule has 0 aromatic heterocycles. The summed E-state index contributed by atoms with van der Waals surface area (Å²) in [6.07, 6.45) is 0. The molecule has 1 N–H and O–H groups in total. The van der Waals surface area contributed by atoms with Gasteiger partial charge in [-0.05, 0) is 23.1 Å². The van der Waals surface area contributed by atoms with Crippen LogP contribution in [0.25, 0.3) is 0 Å². The Morgan fingerprint density at radius 1 is 1.44 bits per heavy atom. The summed E-state index contributed by atoms with van der Waals surface area (Å²) in [6, 6.07) is 6.46. The van der Waals surface area contributed by atoms with Crippen molar-refractivity contribution in [2.24, 2.45) is 5.41 Å². The molecule has 1 amide bonds. The first-order valence-electron chi connectivity index (χ1n) is 6.26. The highest BCUT2D eigenvalue weighted by Crippen LogP contribution is 2.43. The SMILES string of the molecule is CN1C(=O)COc2ccc(C3NCC3(C)C)cc21. The van der Waals surface area contributed by atoms with Crippen LogP contribution in [0.2, 0.25) is 0 Å². The van der Waals surface area contributed by atoms with E-state index in [1.54, 1.807) is 11.9 Å². The summed E-state index contributed by atoms with van der Waals surface area (Å²) in [5, 5.41) is 3.44. The molecule has 0 aliphatic carbocycles. The molecule has 1 aromatic rings. The largest absolute Gasteiger partial charge is 0.482 e. The lowest BCUT2D eigenvalue weighted by Gasteiger charge is -2.46.